The number of amides is 3. The zero-order valence-corrected chi connectivity index (χ0v) is 13.8. The van der Waals surface area contributed by atoms with Gasteiger partial charge in [-0.2, -0.15) is 0 Å². The lowest BCUT2D eigenvalue weighted by atomic mass is 10.2. The van der Waals surface area contributed by atoms with Crippen LogP contribution in [0.4, 0.5) is 14.9 Å². The molecule has 4 N–H and O–H groups in total. The molecule has 2 aromatic carbocycles. The lowest BCUT2D eigenvalue weighted by Crippen LogP contribution is -2.49. The molecule has 0 radical (unpaired) electrons. The molecule has 0 aliphatic heterocycles. The lowest BCUT2D eigenvalue weighted by molar-refractivity contribution is -0.115. The number of benzene rings is 2. The molecular formula is C17H15FN4O2S. The van der Waals surface area contributed by atoms with Gasteiger partial charge in [-0.15, -0.1) is 0 Å². The van der Waals surface area contributed by atoms with E-state index in [2.05, 4.69) is 21.5 Å². The van der Waals surface area contributed by atoms with Gasteiger partial charge in [0.2, 0.25) is 5.91 Å². The Balaban J connectivity index is 1.73. The van der Waals surface area contributed by atoms with Crippen LogP contribution in [-0.2, 0) is 4.79 Å². The minimum absolute atomic E-state index is 0.0723. The van der Waals surface area contributed by atoms with Gasteiger partial charge in [0.15, 0.2) is 5.11 Å². The highest BCUT2D eigenvalue weighted by molar-refractivity contribution is 7.80. The molecule has 0 fully saturated rings. The predicted molar refractivity (Wildman–Crippen MR) is 97.9 cm³/mol. The molecule has 0 saturated heterocycles. The van der Waals surface area contributed by atoms with Gasteiger partial charge in [0.25, 0.3) is 0 Å². The van der Waals surface area contributed by atoms with Crippen molar-refractivity contribution >= 4 is 41.0 Å². The summed E-state index contributed by atoms with van der Waals surface area (Å²) in [4.78, 5) is 23.3. The Bertz CT molecular complexity index is 779. The van der Waals surface area contributed by atoms with E-state index in [0.29, 0.717) is 11.3 Å². The molecule has 0 bridgehead atoms. The van der Waals surface area contributed by atoms with Gasteiger partial charge in [0.05, 0.1) is 0 Å². The van der Waals surface area contributed by atoms with Crippen molar-refractivity contribution in [2.75, 3.05) is 5.32 Å². The average molecular weight is 358 g/mol. The van der Waals surface area contributed by atoms with Crippen molar-refractivity contribution in [1.82, 2.24) is 16.2 Å². The number of carbonyl (C=O) groups excluding carboxylic acids is 2. The minimum Gasteiger partial charge on any atom is -0.307 e. The number of nitrogens with one attached hydrogen (secondary N) is 4. The molecule has 0 atom stereocenters. The number of halogens is 1. The molecule has 3 amide bonds. The van der Waals surface area contributed by atoms with Gasteiger partial charge < -0.3 is 5.32 Å². The van der Waals surface area contributed by atoms with E-state index in [1.165, 1.54) is 36.4 Å². The maximum Gasteiger partial charge on any atom is 0.337 e. The second-order valence-corrected chi connectivity index (χ2v) is 5.18. The van der Waals surface area contributed by atoms with E-state index in [1.54, 1.807) is 24.3 Å². The van der Waals surface area contributed by atoms with Crippen molar-refractivity contribution in [3.05, 3.63) is 72.1 Å². The first-order chi connectivity index (χ1) is 12.0. The van der Waals surface area contributed by atoms with E-state index in [0.717, 1.165) is 0 Å². The second kappa shape index (κ2) is 9.14. The molecule has 0 spiro atoms. The van der Waals surface area contributed by atoms with Crippen LogP contribution in [0, 0.1) is 5.82 Å². The fourth-order valence-corrected chi connectivity index (χ4v) is 1.88. The second-order valence-electron chi connectivity index (χ2n) is 4.77. The summed E-state index contributed by atoms with van der Waals surface area (Å²) in [5.41, 5.74) is 5.96. The summed E-state index contributed by atoms with van der Waals surface area (Å²) in [5, 5.41) is 4.86. The number of hydrogen-bond acceptors (Lipinski definition) is 3. The summed E-state index contributed by atoms with van der Waals surface area (Å²) in [6, 6.07) is 13.9. The summed E-state index contributed by atoms with van der Waals surface area (Å²) >= 11 is 4.89. The molecule has 25 heavy (non-hydrogen) atoms. The van der Waals surface area contributed by atoms with Crippen LogP contribution < -0.4 is 21.5 Å². The van der Waals surface area contributed by atoms with Crippen molar-refractivity contribution in [3.63, 3.8) is 0 Å². The molecule has 6 nitrogen and oxygen atoms in total. The SMILES string of the molecule is O=C(/C=C/c1ccc(F)cc1)NC(=S)NNC(=O)Nc1ccccc1. The molecule has 8 heteroatoms. The Kier molecular flexibility index (Phi) is 6.61. The maximum absolute atomic E-state index is 12.8. The Morgan fingerprint density at radius 3 is 2.32 bits per heavy atom. The normalized spacial score (nSPS) is 10.1. The van der Waals surface area contributed by atoms with Crippen LogP contribution in [0.5, 0.6) is 0 Å². The van der Waals surface area contributed by atoms with E-state index in [4.69, 9.17) is 12.2 Å². The highest BCUT2D eigenvalue weighted by atomic mass is 32.1. The number of hydrazine groups is 1. The van der Waals surface area contributed by atoms with Crippen molar-refractivity contribution in [2.45, 2.75) is 0 Å². The first-order valence-corrected chi connectivity index (χ1v) is 7.60. The van der Waals surface area contributed by atoms with E-state index >= 15 is 0 Å². The number of anilines is 1. The Morgan fingerprint density at radius 2 is 1.64 bits per heavy atom. The van der Waals surface area contributed by atoms with Gasteiger partial charge in [-0.25, -0.2) is 14.6 Å². The first kappa shape index (κ1) is 18.1. The number of carbonyl (C=O) groups is 2. The van der Waals surface area contributed by atoms with Gasteiger partial charge in [-0.3, -0.25) is 15.5 Å². The molecular weight excluding hydrogens is 343 g/mol. The van der Waals surface area contributed by atoms with Gasteiger partial charge in [0.1, 0.15) is 5.82 Å². The molecule has 2 rings (SSSR count). The molecule has 0 aromatic heterocycles. The van der Waals surface area contributed by atoms with Crippen LogP contribution in [0.25, 0.3) is 6.08 Å². The van der Waals surface area contributed by atoms with Crippen LogP contribution in [0.2, 0.25) is 0 Å². The average Bonchev–Trinajstić information content (AvgIpc) is 2.60. The quantitative estimate of drug-likeness (QED) is 0.386. The molecule has 0 heterocycles. The largest absolute Gasteiger partial charge is 0.337 e. The zero-order valence-electron chi connectivity index (χ0n) is 13.0. The standard InChI is InChI=1S/C17H15FN4O2S/c18-13-9-6-12(7-10-13)8-11-15(23)20-17(25)22-21-16(24)19-14-4-2-1-3-5-14/h1-11H,(H2,19,21,24)(H2,20,22,23,25)/b11-8+. The highest BCUT2D eigenvalue weighted by Gasteiger charge is 2.04. The van der Waals surface area contributed by atoms with Crippen LogP contribution >= 0.6 is 12.2 Å². The fourth-order valence-electron chi connectivity index (χ4n) is 1.73. The molecule has 2 aromatic rings. The van der Waals surface area contributed by atoms with Crippen molar-refractivity contribution in [3.8, 4) is 0 Å². The Labute approximate surface area is 149 Å². The summed E-state index contributed by atoms with van der Waals surface area (Å²) in [5.74, 6) is -0.848. The number of hydrogen-bond donors (Lipinski definition) is 4. The molecule has 0 saturated carbocycles. The summed E-state index contributed by atoms with van der Waals surface area (Å²) in [6.07, 6.45) is 2.75. The minimum atomic E-state index is -0.537. The lowest BCUT2D eigenvalue weighted by Gasteiger charge is -2.10. The maximum atomic E-state index is 12.8. The highest BCUT2D eigenvalue weighted by Crippen LogP contribution is 2.04. The zero-order chi connectivity index (χ0) is 18.1. The fraction of sp³-hybridized carbons (Fsp3) is 0. The van der Waals surface area contributed by atoms with Gasteiger partial charge >= 0.3 is 6.03 Å². The third-order valence-corrected chi connectivity index (χ3v) is 3.06. The summed E-state index contributed by atoms with van der Waals surface area (Å²) in [6.45, 7) is 0. The van der Waals surface area contributed by atoms with Crippen molar-refractivity contribution in [2.24, 2.45) is 0 Å². The van der Waals surface area contributed by atoms with E-state index in [-0.39, 0.29) is 10.9 Å². The van der Waals surface area contributed by atoms with Crippen LogP contribution in [-0.4, -0.2) is 17.1 Å². The monoisotopic (exact) mass is 358 g/mol. The number of urea groups is 1. The van der Waals surface area contributed by atoms with Gasteiger partial charge in [0, 0.05) is 11.8 Å². The first-order valence-electron chi connectivity index (χ1n) is 7.19. The Hall–Kier alpha value is -3.26. The number of rotatable bonds is 3. The van der Waals surface area contributed by atoms with Crippen LogP contribution in [0.1, 0.15) is 5.56 Å². The predicted octanol–water partition coefficient (Wildman–Crippen LogP) is 2.57. The smallest absolute Gasteiger partial charge is 0.307 e. The van der Waals surface area contributed by atoms with E-state index < -0.39 is 11.9 Å². The number of para-hydroxylation sites is 1. The van der Waals surface area contributed by atoms with Gasteiger partial charge in [-0.1, -0.05) is 30.3 Å². The Morgan fingerprint density at radius 1 is 0.960 bits per heavy atom. The number of thiocarbonyl (C=S) groups is 1. The van der Waals surface area contributed by atoms with Crippen LogP contribution in [0.15, 0.2) is 60.7 Å². The molecule has 0 aliphatic carbocycles. The van der Waals surface area contributed by atoms with E-state index in [1.807, 2.05) is 6.07 Å². The third-order valence-electron chi connectivity index (χ3n) is 2.86. The molecule has 128 valence electrons. The summed E-state index contributed by atoms with van der Waals surface area (Å²) in [7, 11) is 0. The van der Waals surface area contributed by atoms with Crippen molar-refractivity contribution in [1.29, 1.82) is 0 Å². The molecule has 0 unspecified atom stereocenters. The van der Waals surface area contributed by atoms with E-state index in [9.17, 15) is 14.0 Å². The van der Waals surface area contributed by atoms with Crippen LogP contribution in [0.3, 0.4) is 0 Å². The third kappa shape index (κ3) is 6.80. The van der Waals surface area contributed by atoms with Crippen molar-refractivity contribution < 1.29 is 14.0 Å². The molecule has 0 aliphatic rings. The topological polar surface area (TPSA) is 82.3 Å². The van der Waals surface area contributed by atoms with Gasteiger partial charge in [-0.05, 0) is 48.1 Å². The summed E-state index contributed by atoms with van der Waals surface area (Å²) < 4.78 is 12.8.